The van der Waals surface area contributed by atoms with Gasteiger partial charge in [-0.2, -0.15) is 0 Å². The van der Waals surface area contributed by atoms with Crippen molar-refractivity contribution in [3.63, 3.8) is 0 Å². The summed E-state index contributed by atoms with van der Waals surface area (Å²) in [5.74, 6) is -0.286. The first-order valence-electron chi connectivity index (χ1n) is 8.81. The molecule has 0 atom stereocenters. The molecule has 3 rings (SSSR count). The van der Waals surface area contributed by atoms with Crippen LogP contribution < -0.4 is 16.0 Å². The molecule has 0 aliphatic heterocycles. The topological polar surface area (TPSA) is 70.2 Å². The van der Waals surface area contributed by atoms with E-state index in [0.717, 1.165) is 21.4 Å². The van der Waals surface area contributed by atoms with Crippen molar-refractivity contribution in [1.82, 2.24) is 5.32 Å². The van der Waals surface area contributed by atoms with E-state index in [2.05, 4.69) is 31.9 Å². The van der Waals surface area contributed by atoms with Crippen LogP contribution in [0.3, 0.4) is 0 Å². The van der Waals surface area contributed by atoms with Crippen LogP contribution in [0.15, 0.2) is 83.3 Å². The molecule has 0 saturated carbocycles. The third kappa shape index (κ3) is 5.96. The molecule has 3 aromatic carbocycles. The highest BCUT2D eigenvalue weighted by Gasteiger charge is 2.06. The van der Waals surface area contributed by atoms with Crippen LogP contribution in [0.5, 0.6) is 0 Å². The average molecular weight is 438 g/mol. The maximum atomic E-state index is 12.2. The predicted octanol–water partition coefficient (Wildman–Crippen LogP) is 4.43. The molecule has 0 fully saturated rings. The summed E-state index contributed by atoms with van der Waals surface area (Å²) in [7, 11) is 0. The second-order valence-corrected chi connectivity index (χ2v) is 7.07. The fourth-order valence-electron chi connectivity index (χ4n) is 2.57. The fourth-order valence-corrected chi connectivity index (χ4v) is 2.97. The maximum Gasteiger partial charge on any atom is 0.251 e. The Morgan fingerprint density at radius 2 is 1.57 bits per heavy atom. The smallest absolute Gasteiger partial charge is 0.251 e. The van der Waals surface area contributed by atoms with Gasteiger partial charge in [-0.05, 0) is 48.0 Å². The number of carbonyl (C=O) groups excluding carboxylic acids is 2. The number of carbonyl (C=O) groups is 2. The predicted molar refractivity (Wildman–Crippen MR) is 115 cm³/mol. The minimum Gasteiger partial charge on any atom is -0.376 e. The lowest BCUT2D eigenvalue weighted by atomic mass is 10.1. The van der Waals surface area contributed by atoms with Crippen molar-refractivity contribution in [2.75, 3.05) is 17.2 Å². The Morgan fingerprint density at radius 3 is 2.29 bits per heavy atom. The summed E-state index contributed by atoms with van der Waals surface area (Å²) in [4.78, 5) is 24.3. The minimum atomic E-state index is -0.150. The summed E-state index contributed by atoms with van der Waals surface area (Å²) in [6.07, 6.45) is 0. The van der Waals surface area contributed by atoms with Gasteiger partial charge in [0.05, 0.1) is 6.54 Å². The number of rotatable bonds is 7. The van der Waals surface area contributed by atoms with Crippen molar-refractivity contribution >= 4 is 39.1 Å². The second-order valence-electron chi connectivity index (χ2n) is 6.16. The Kier molecular flexibility index (Phi) is 6.81. The molecule has 5 nitrogen and oxygen atoms in total. The zero-order valence-electron chi connectivity index (χ0n) is 15.1. The Balaban J connectivity index is 1.47. The molecule has 0 aliphatic rings. The van der Waals surface area contributed by atoms with Crippen molar-refractivity contribution in [2.24, 2.45) is 0 Å². The van der Waals surface area contributed by atoms with Crippen LogP contribution in [0.1, 0.15) is 15.9 Å². The minimum absolute atomic E-state index is 0.131. The van der Waals surface area contributed by atoms with Gasteiger partial charge >= 0.3 is 0 Å². The third-order valence-corrected chi connectivity index (χ3v) is 4.50. The summed E-state index contributed by atoms with van der Waals surface area (Å²) in [5.41, 5.74) is 3.11. The molecule has 0 heterocycles. The van der Waals surface area contributed by atoms with Gasteiger partial charge in [-0.25, -0.2) is 0 Å². The number of anilines is 2. The number of amides is 2. The highest BCUT2D eigenvalue weighted by atomic mass is 79.9. The molecule has 0 bridgehead atoms. The third-order valence-electron chi connectivity index (χ3n) is 4.00. The summed E-state index contributed by atoms with van der Waals surface area (Å²) < 4.78 is 0.902. The van der Waals surface area contributed by atoms with Crippen molar-refractivity contribution in [1.29, 1.82) is 0 Å². The van der Waals surface area contributed by atoms with E-state index < -0.39 is 0 Å². The average Bonchev–Trinajstić information content (AvgIpc) is 2.72. The lowest BCUT2D eigenvalue weighted by molar-refractivity contribution is -0.114. The molecule has 0 saturated heterocycles. The zero-order chi connectivity index (χ0) is 19.8. The summed E-state index contributed by atoms with van der Waals surface area (Å²) >= 11 is 3.37. The summed E-state index contributed by atoms with van der Waals surface area (Å²) in [5, 5.41) is 8.76. The first-order valence-corrected chi connectivity index (χ1v) is 9.61. The number of hydrogen-bond acceptors (Lipinski definition) is 3. The van der Waals surface area contributed by atoms with Crippen molar-refractivity contribution in [3.05, 3.63) is 94.5 Å². The van der Waals surface area contributed by atoms with Gasteiger partial charge in [0.1, 0.15) is 0 Å². The van der Waals surface area contributed by atoms with Gasteiger partial charge in [-0.15, -0.1) is 0 Å². The van der Waals surface area contributed by atoms with Crippen LogP contribution in [-0.2, 0) is 11.3 Å². The van der Waals surface area contributed by atoms with E-state index in [9.17, 15) is 9.59 Å². The van der Waals surface area contributed by atoms with Gasteiger partial charge in [0, 0.05) is 28.0 Å². The van der Waals surface area contributed by atoms with Crippen LogP contribution in [0.4, 0.5) is 11.4 Å². The van der Waals surface area contributed by atoms with Crippen LogP contribution in [0.2, 0.25) is 0 Å². The first-order chi connectivity index (χ1) is 13.6. The monoisotopic (exact) mass is 437 g/mol. The van der Waals surface area contributed by atoms with Gasteiger partial charge in [0.15, 0.2) is 0 Å². The van der Waals surface area contributed by atoms with Crippen LogP contribution >= 0.6 is 15.9 Å². The second kappa shape index (κ2) is 9.71. The maximum absolute atomic E-state index is 12.2. The molecular weight excluding hydrogens is 418 g/mol. The largest absolute Gasteiger partial charge is 0.376 e. The Bertz CT molecular complexity index is 944. The van der Waals surface area contributed by atoms with Crippen LogP contribution in [0, 0.1) is 0 Å². The summed E-state index contributed by atoms with van der Waals surface area (Å²) in [6.45, 7) is 0.613. The van der Waals surface area contributed by atoms with Crippen molar-refractivity contribution in [3.8, 4) is 0 Å². The van der Waals surface area contributed by atoms with E-state index in [4.69, 9.17) is 0 Å². The van der Waals surface area contributed by atoms with E-state index >= 15 is 0 Å². The van der Waals surface area contributed by atoms with E-state index in [0.29, 0.717) is 12.1 Å². The molecule has 0 aromatic heterocycles. The molecule has 3 aromatic rings. The van der Waals surface area contributed by atoms with E-state index in [1.165, 1.54) is 0 Å². The SMILES string of the molecule is O=C(CNc1ccc(C(=O)NCc2ccccc2)cc1)Nc1cccc(Br)c1. The summed E-state index contributed by atoms with van der Waals surface area (Å²) in [6, 6.07) is 24.2. The number of halogens is 1. The zero-order valence-corrected chi connectivity index (χ0v) is 16.7. The van der Waals surface area contributed by atoms with Crippen molar-refractivity contribution < 1.29 is 9.59 Å². The van der Waals surface area contributed by atoms with Crippen molar-refractivity contribution in [2.45, 2.75) is 6.54 Å². The highest BCUT2D eigenvalue weighted by molar-refractivity contribution is 9.10. The number of hydrogen-bond donors (Lipinski definition) is 3. The Labute approximate surface area is 172 Å². The fraction of sp³-hybridized carbons (Fsp3) is 0.0909. The van der Waals surface area contributed by atoms with Crippen LogP contribution in [0.25, 0.3) is 0 Å². The highest BCUT2D eigenvalue weighted by Crippen LogP contribution is 2.15. The van der Waals surface area contributed by atoms with Crippen LogP contribution in [-0.4, -0.2) is 18.4 Å². The molecule has 0 spiro atoms. The molecule has 2 amide bonds. The molecular formula is C22H20BrN3O2. The van der Waals surface area contributed by atoms with Gasteiger partial charge in [-0.1, -0.05) is 52.3 Å². The molecule has 3 N–H and O–H groups in total. The van der Waals surface area contributed by atoms with Gasteiger partial charge in [-0.3, -0.25) is 9.59 Å². The van der Waals surface area contributed by atoms with Gasteiger partial charge < -0.3 is 16.0 Å². The Hall–Kier alpha value is -3.12. The number of benzene rings is 3. The first kappa shape index (κ1) is 19.6. The van der Waals surface area contributed by atoms with E-state index in [1.807, 2.05) is 54.6 Å². The molecule has 0 radical (unpaired) electrons. The van der Waals surface area contributed by atoms with E-state index in [1.54, 1.807) is 24.3 Å². The van der Waals surface area contributed by atoms with Gasteiger partial charge in [0.2, 0.25) is 5.91 Å². The normalized spacial score (nSPS) is 10.2. The standard InChI is InChI=1S/C22H20BrN3O2/c23-18-7-4-8-20(13-18)26-21(27)15-24-19-11-9-17(10-12-19)22(28)25-14-16-5-2-1-3-6-16/h1-13,24H,14-15H2,(H,25,28)(H,26,27). The molecule has 142 valence electrons. The molecule has 6 heteroatoms. The number of nitrogens with one attached hydrogen (secondary N) is 3. The lowest BCUT2D eigenvalue weighted by Gasteiger charge is -2.09. The lowest BCUT2D eigenvalue weighted by Crippen LogP contribution is -2.23. The molecule has 0 unspecified atom stereocenters. The molecule has 0 aliphatic carbocycles. The quantitative estimate of drug-likeness (QED) is 0.511. The Morgan fingerprint density at radius 1 is 0.821 bits per heavy atom. The molecule has 28 heavy (non-hydrogen) atoms. The van der Waals surface area contributed by atoms with Gasteiger partial charge in [0.25, 0.3) is 5.91 Å². The van der Waals surface area contributed by atoms with E-state index in [-0.39, 0.29) is 18.4 Å².